The number of amides is 1. The molecule has 0 bridgehead atoms. The number of nitrogens with one attached hydrogen (secondary N) is 1. The van der Waals surface area contributed by atoms with Gasteiger partial charge in [0.25, 0.3) is 0 Å². The highest BCUT2D eigenvalue weighted by Gasteiger charge is 2.49. The van der Waals surface area contributed by atoms with Crippen molar-refractivity contribution in [2.75, 3.05) is 6.54 Å². The third kappa shape index (κ3) is 10.3. The van der Waals surface area contributed by atoms with Crippen LogP contribution in [0.15, 0.2) is 30.3 Å². The maximum atomic E-state index is 13.8. The van der Waals surface area contributed by atoms with E-state index in [4.69, 9.17) is 9.16 Å². The minimum absolute atomic E-state index is 0.0202. The molecule has 222 valence electrons. The van der Waals surface area contributed by atoms with Crippen molar-refractivity contribution < 1.29 is 18.8 Å². The summed E-state index contributed by atoms with van der Waals surface area (Å²) in [5.41, 5.74) is 0.632. The third-order valence-corrected chi connectivity index (χ3v) is 8.49. The van der Waals surface area contributed by atoms with Gasteiger partial charge in [0, 0.05) is 25.6 Å². The first-order chi connectivity index (χ1) is 18.0. The molecule has 1 amide bonds. The minimum Gasteiger partial charge on any atom is -0.459 e. The summed E-state index contributed by atoms with van der Waals surface area (Å²) >= 11 is 0. The van der Waals surface area contributed by atoms with Crippen LogP contribution in [-0.2, 0) is 25.2 Å². The summed E-state index contributed by atoms with van der Waals surface area (Å²) in [7, 11) is -1.31. The molecular weight excluding hydrogens is 504 g/mol. The summed E-state index contributed by atoms with van der Waals surface area (Å²) in [4.78, 5) is 28.4. The smallest absolute Gasteiger partial charge is 0.323 e. The highest BCUT2D eigenvalue weighted by atomic mass is 28.3. The van der Waals surface area contributed by atoms with E-state index in [2.05, 4.69) is 82.2 Å². The number of esters is 1. The summed E-state index contributed by atoms with van der Waals surface area (Å²) in [6.45, 7) is 23.7. The largest absolute Gasteiger partial charge is 0.459 e. The van der Waals surface area contributed by atoms with Crippen LogP contribution < -0.4 is 5.32 Å². The molecule has 1 heterocycles. The Bertz CT molecular complexity index is 909. The van der Waals surface area contributed by atoms with Crippen molar-refractivity contribution in [1.82, 2.24) is 10.2 Å². The predicted octanol–water partition coefficient (Wildman–Crippen LogP) is 5.99. The molecule has 4 unspecified atom stereocenters. The number of carbonyl (C=O) groups is 2. The lowest BCUT2D eigenvalue weighted by molar-refractivity contribution is -0.161. The monoisotopic (exact) mass is 560 g/mol. The average Bonchev–Trinajstić information content (AvgIpc) is 3.23. The molecule has 1 saturated heterocycles. The van der Waals surface area contributed by atoms with Crippen molar-refractivity contribution in [3.05, 3.63) is 35.9 Å². The maximum Gasteiger partial charge on any atom is 0.323 e. The van der Waals surface area contributed by atoms with Crippen LogP contribution in [0, 0.1) is 17.3 Å². The number of carbonyl (C=O) groups excluding carboxylic acids is 2. The Morgan fingerprint density at radius 3 is 2.21 bits per heavy atom. The Hall–Kier alpha value is -1.70. The Balaban J connectivity index is 2.60. The molecule has 1 N–H and O–H groups in total. The predicted molar refractivity (Wildman–Crippen MR) is 163 cm³/mol. The van der Waals surface area contributed by atoms with Gasteiger partial charge in [0.1, 0.15) is 11.6 Å². The standard InChI is InChI=1S/C32H56N2O4Si/c1-12-16-26(22(2)33-23(3)35)27(19-24-17-14-13-15-18-24)34-21-25(29(31(4,5)6)38-39(10)11)20-28(34)30(36)37-32(7,8)9/h13-15,17-18,22,25-29,39H,12,16,19-21H2,1-11H3,(H,33,35)/t22?,25?,26-,27-,28?,29?/m0/s1. The topological polar surface area (TPSA) is 67.9 Å². The number of rotatable bonds is 12. The van der Waals surface area contributed by atoms with Crippen molar-refractivity contribution >= 4 is 20.9 Å². The van der Waals surface area contributed by atoms with Gasteiger partial charge in [0.2, 0.25) is 5.91 Å². The first-order valence-corrected chi connectivity index (χ1v) is 17.8. The lowest BCUT2D eigenvalue weighted by Gasteiger charge is -2.41. The molecule has 39 heavy (non-hydrogen) atoms. The molecule has 0 aromatic heterocycles. The Kier molecular flexibility index (Phi) is 12.3. The van der Waals surface area contributed by atoms with Crippen molar-refractivity contribution in [3.63, 3.8) is 0 Å². The van der Waals surface area contributed by atoms with Gasteiger partial charge in [-0.2, -0.15) is 0 Å². The second kappa shape index (κ2) is 14.3. The fourth-order valence-electron chi connectivity index (χ4n) is 6.30. The third-order valence-electron chi connectivity index (χ3n) is 7.65. The molecule has 1 aliphatic heterocycles. The Morgan fingerprint density at radius 1 is 1.10 bits per heavy atom. The van der Waals surface area contributed by atoms with Crippen LogP contribution in [0.1, 0.15) is 87.1 Å². The van der Waals surface area contributed by atoms with E-state index in [1.54, 1.807) is 6.92 Å². The molecule has 0 aliphatic carbocycles. The number of likely N-dealkylation sites (tertiary alicyclic amines) is 1. The van der Waals surface area contributed by atoms with Gasteiger partial charge >= 0.3 is 5.97 Å². The van der Waals surface area contributed by atoms with Crippen LogP contribution in [0.5, 0.6) is 0 Å². The number of benzene rings is 1. The molecule has 6 atom stereocenters. The summed E-state index contributed by atoms with van der Waals surface area (Å²) < 4.78 is 12.7. The fraction of sp³-hybridized carbons (Fsp3) is 0.750. The lowest BCUT2D eigenvalue weighted by atomic mass is 9.80. The highest BCUT2D eigenvalue weighted by Crippen LogP contribution is 2.40. The van der Waals surface area contributed by atoms with E-state index in [1.807, 2.05) is 26.8 Å². The van der Waals surface area contributed by atoms with E-state index < -0.39 is 14.6 Å². The molecule has 0 radical (unpaired) electrons. The first-order valence-electron chi connectivity index (χ1n) is 15.0. The van der Waals surface area contributed by atoms with Gasteiger partial charge in [-0.25, -0.2) is 0 Å². The molecule has 1 fully saturated rings. The Labute approximate surface area is 240 Å². The highest BCUT2D eigenvalue weighted by molar-refractivity contribution is 6.48. The van der Waals surface area contributed by atoms with Gasteiger partial charge in [-0.1, -0.05) is 64.4 Å². The first kappa shape index (κ1) is 33.5. The molecule has 1 aliphatic rings. The van der Waals surface area contributed by atoms with Gasteiger partial charge in [0.15, 0.2) is 9.04 Å². The zero-order valence-corrected chi connectivity index (χ0v) is 27.7. The maximum absolute atomic E-state index is 13.8. The number of hydrogen-bond donors (Lipinski definition) is 1. The zero-order chi connectivity index (χ0) is 29.5. The van der Waals surface area contributed by atoms with Crippen LogP contribution in [0.2, 0.25) is 13.1 Å². The normalized spacial score (nSPS) is 21.8. The van der Waals surface area contributed by atoms with Crippen molar-refractivity contribution in [1.29, 1.82) is 0 Å². The van der Waals surface area contributed by atoms with Gasteiger partial charge < -0.3 is 14.5 Å². The van der Waals surface area contributed by atoms with E-state index in [9.17, 15) is 9.59 Å². The quantitative estimate of drug-likeness (QED) is 0.251. The molecule has 1 aromatic rings. The minimum atomic E-state index is -1.31. The lowest BCUT2D eigenvalue weighted by Crippen LogP contribution is -2.54. The summed E-state index contributed by atoms with van der Waals surface area (Å²) in [6.07, 6.45) is 3.55. The van der Waals surface area contributed by atoms with Crippen LogP contribution >= 0.6 is 0 Å². The number of nitrogens with zero attached hydrogens (tertiary/aromatic N) is 1. The number of hydrogen-bond acceptors (Lipinski definition) is 5. The van der Waals surface area contributed by atoms with Crippen LogP contribution in [0.3, 0.4) is 0 Å². The van der Waals surface area contributed by atoms with E-state index in [1.165, 1.54) is 5.56 Å². The van der Waals surface area contributed by atoms with Gasteiger partial charge in [-0.05, 0) is 82.9 Å². The van der Waals surface area contributed by atoms with E-state index in [0.717, 1.165) is 32.2 Å². The van der Waals surface area contributed by atoms with Gasteiger partial charge in [0.05, 0.1) is 6.10 Å². The van der Waals surface area contributed by atoms with E-state index in [-0.39, 0.29) is 53.4 Å². The fourth-order valence-corrected chi connectivity index (χ4v) is 7.52. The number of ether oxygens (including phenoxy) is 1. The summed E-state index contributed by atoms with van der Waals surface area (Å²) in [5, 5.41) is 3.18. The second-order valence-electron chi connectivity index (χ2n) is 13.9. The molecule has 0 saturated carbocycles. The molecule has 0 spiro atoms. The molecule has 7 heteroatoms. The molecule has 6 nitrogen and oxygen atoms in total. The Morgan fingerprint density at radius 2 is 1.72 bits per heavy atom. The van der Waals surface area contributed by atoms with Crippen molar-refractivity contribution in [2.45, 2.75) is 131 Å². The molecule has 2 rings (SSSR count). The molecular formula is C32H56N2O4Si. The van der Waals surface area contributed by atoms with Crippen LogP contribution in [0.25, 0.3) is 0 Å². The summed E-state index contributed by atoms with van der Waals surface area (Å²) in [5.74, 6) is 0.221. The van der Waals surface area contributed by atoms with E-state index in [0.29, 0.717) is 0 Å². The average molecular weight is 561 g/mol. The van der Waals surface area contributed by atoms with Crippen LogP contribution in [-0.4, -0.2) is 62.2 Å². The van der Waals surface area contributed by atoms with Gasteiger partial charge in [-0.15, -0.1) is 0 Å². The van der Waals surface area contributed by atoms with Crippen LogP contribution in [0.4, 0.5) is 0 Å². The van der Waals surface area contributed by atoms with Gasteiger partial charge in [-0.3, -0.25) is 14.5 Å². The van der Waals surface area contributed by atoms with Crippen molar-refractivity contribution in [2.24, 2.45) is 17.3 Å². The van der Waals surface area contributed by atoms with E-state index >= 15 is 0 Å². The second-order valence-corrected chi connectivity index (χ2v) is 16.3. The summed E-state index contributed by atoms with van der Waals surface area (Å²) in [6, 6.07) is 10.2. The van der Waals surface area contributed by atoms with Crippen molar-refractivity contribution in [3.8, 4) is 0 Å². The zero-order valence-electron chi connectivity index (χ0n) is 26.5. The SMILES string of the molecule is CCC[C@@H](C(C)NC(C)=O)[C@H](Cc1ccccc1)N1CC(C(O[SiH](C)C)C(C)(C)C)CC1C(=O)OC(C)(C)C. The molecule has 1 aromatic carbocycles.